The van der Waals surface area contributed by atoms with Crippen LogP contribution < -0.4 is 0 Å². The Kier molecular flexibility index (Phi) is 5.19. The van der Waals surface area contributed by atoms with Crippen molar-refractivity contribution in [3.05, 3.63) is 30.1 Å². The lowest BCUT2D eigenvalue weighted by atomic mass is 10.2. The van der Waals surface area contributed by atoms with E-state index in [4.69, 9.17) is 10.5 Å². The Labute approximate surface area is 99.9 Å². The number of rotatable bonds is 5. The van der Waals surface area contributed by atoms with Crippen molar-refractivity contribution in [2.24, 2.45) is 0 Å². The molecule has 0 aliphatic carbocycles. The van der Waals surface area contributed by atoms with Crippen LogP contribution in [-0.2, 0) is 11.3 Å². The van der Waals surface area contributed by atoms with Gasteiger partial charge in [-0.25, -0.2) is 0 Å². The van der Waals surface area contributed by atoms with Gasteiger partial charge in [0.15, 0.2) is 0 Å². The van der Waals surface area contributed by atoms with Crippen LogP contribution in [0.15, 0.2) is 24.5 Å². The van der Waals surface area contributed by atoms with E-state index in [1.165, 1.54) is 4.90 Å². The minimum absolute atomic E-state index is 0.161. The smallest absolute Gasteiger partial charge is 0.237 e. The first kappa shape index (κ1) is 12.7. The summed E-state index contributed by atoms with van der Waals surface area (Å²) in [4.78, 5) is 17.1. The number of hydrogen-bond acceptors (Lipinski definition) is 4. The lowest BCUT2D eigenvalue weighted by Crippen LogP contribution is -2.31. The fraction of sp³-hybridized carbons (Fsp3) is 0.333. The van der Waals surface area contributed by atoms with Gasteiger partial charge >= 0.3 is 0 Å². The average molecular weight is 228 g/mol. The zero-order chi connectivity index (χ0) is 12.5. The fourth-order valence-corrected chi connectivity index (χ4v) is 1.37. The van der Waals surface area contributed by atoms with Gasteiger partial charge in [-0.15, -0.1) is 0 Å². The van der Waals surface area contributed by atoms with Crippen LogP contribution in [-0.4, -0.2) is 22.3 Å². The molecular weight excluding hydrogens is 216 g/mol. The van der Waals surface area contributed by atoms with Gasteiger partial charge in [0.2, 0.25) is 5.91 Å². The third-order valence-electron chi connectivity index (χ3n) is 2.17. The zero-order valence-electron chi connectivity index (χ0n) is 9.33. The quantitative estimate of drug-likeness (QED) is 0.759. The standard InChI is InChI=1S/C12H12N4O/c13-5-2-8-16(12(17)4-6-14)10-11-3-1-7-15-9-11/h1,3,7,9H,2,4,8,10H2. The van der Waals surface area contributed by atoms with E-state index in [0.717, 1.165) is 5.56 Å². The number of pyridine rings is 1. The Balaban J connectivity index is 2.67. The van der Waals surface area contributed by atoms with Gasteiger partial charge in [0, 0.05) is 25.5 Å². The van der Waals surface area contributed by atoms with Crippen molar-refractivity contribution in [3.63, 3.8) is 0 Å². The normalized spacial score (nSPS) is 9.06. The highest BCUT2D eigenvalue weighted by molar-refractivity contribution is 5.78. The van der Waals surface area contributed by atoms with Gasteiger partial charge in [-0.2, -0.15) is 10.5 Å². The molecule has 0 aromatic carbocycles. The van der Waals surface area contributed by atoms with Gasteiger partial charge in [0.25, 0.3) is 0 Å². The maximum atomic E-state index is 11.6. The van der Waals surface area contributed by atoms with E-state index in [1.54, 1.807) is 18.5 Å². The number of amides is 1. The number of nitriles is 2. The second kappa shape index (κ2) is 6.97. The van der Waals surface area contributed by atoms with Crippen LogP contribution in [0.1, 0.15) is 18.4 Å². The zero-order valence-corrected chi connectivity index (χ0v) is 9.33. The number of aromatic nitrogens is 1. The summed E-state index contributed by atoms with van der Waals surface area (Å²) in [5.74, 6) is -0.258. The Morgan fingerprint density at radius 3 is 2.82 bits per heavy atom. The van der Waals surface area contributed by atoms with Crippen molar-refractivity contribution in [1.82, 2.24) is 9.88 Å². The van der Waals surface area contributed by atoms with Crippen LogP contribution in [0.5, 0.6) is 0 Å². The molecule has 1 rings (SSSR count). The third kappa shape index (κ3) is 4.31. The van der Waals surface area contributed by atoms with E-state index in [9.17, 15) is 4.79 Å². The number of carbonyl (C=O) groups is 1. The van der Waals surface area contributed by atoms with Crippen LogP contribution in [0, 0.1) is 22.7 Å². The molecule has 0 saturated carbocycles. The summed E-state index contributed by atoms with van der Waals surface area (Å²) in [5, 5.41) is 17.0. The summed E-state index contributed by atoms with van der Waals surface area (Å²) in [5.41, 5.74) is 0.886. The topological polar surface area (TPSA) is 80.8 Å². The SMILES string of the molecule is N#CCCN(Cc1cccnc1)C(=O)CC#N. The molecule has 86 valence electrons. The molecule has 1 amide bonds. The van der Waals surface area contributed by atoms with Crippen molar-refractivity contribution in [3.8, 4) is 12.1 Å². The van der Waals surface area contributed by atoms with E-state index in [2.05, 4.69) is 4.98 Å². The molecule has 1 heterocycles. The van der Waals surface area contributed by atoms with Gasteiger partial charge in [0.1, 0.15) is 6.42 Å². The molecule has 0 saturated heterocycles. The van der Waals surface area contributed by atoms with Crippen molar-refractivity contribution >= 4 is 5.91 Å². The minimum Gasteiger partial charge on any atom is -0.336 e. The summed E-state index contributed by atoms with van der Waals surface area (Å²) in [6.07, 6.45) is 3.42. The first-order valence-corrected chi connectivity index (χ1v) is 5.18. The molecule has 5 nitrogen and oxygen atoms in total. The third-order valence-corrected chi connectivity index (χ3v) is 2.17. The maximum Gasteiger partial charge on any atom is 0.237 e. The number of carbonyl (C=O) groups excluding carboxylic acids is 1. The maximum absolute atomic E-state index is 11.6. The Bertz CT molecular complexity index is 444. The van der Waals surface area contributed by atoms with Crippen molar-refractivity contribution in [1.29, 1.82) is 10.5 Å². The molecule has 0 N–H and O–H groups in total. The highest BCUT2D eigenvalue weighted by Crippen LogP contribution is 2.05. The van der Waals surface area contributed by atoms with Crippen LogP contribution in [0.2, 0.25) is 0 Å². The Morgan fingerprint density at radius 2 is 2.24 bits per heavy atom. The largest absolute Gasteiger partial charge is 0.336 e. The minimum atomic E-state index is -0.258. The molecule has 1 aromatic heterocycles. The van der Waals surface area contributed by atoms with E-state index in [0.29, 0.717) is 13.1 Å². The predicted molar refractivity (Wildman–Crippen MR) is 60.1 cm³/mol. The van der Waals surface area contributed by atoms with Crippen LogP contribution in [0.4, 0.5) is 0 Å². The van der Waals surface area contributed by atoms with Gasteiger partial charge in [-0.1, -0.05) is 6.07 Å². The van der Waals surface area contributed by atoms with Crippen molar-refractivity contribution in [2.45, 2.75) is 19.4 Å². The molecule has 1 aromatic rings. The highest BCUT2D eigenvalue weighted by Gasteiger charge is 2.13. The van der Waals surface area contributed by atoms with Crippen molar-refractivity contribution < 1.29 is 4.79 Å². The molecule has 17 heavy (non-hydrogen) atoms. The molecule has 0 aliphatic rings. The molecule has 0 bridgehead atoms. The van der Waals surface area contributed by atoms with E-state index < -0.39 is 0 Å². The van der Waals surface area contributed by atoms with Gasteiger partial charge in [-0.3, -0.25) is 9.78 Å². The monoisotopic (exact) mass is 228 g/mol. The molecular formula is C12H12N4O. The van der Waals surface area contributed by atoms with E-state index >= 15 is 0 Å². The number of hydrogen-bond donors (Lipinski definition) is 0. The summed E-state index contributed by atoms with van der Waals surface area (Å²) >= 11 is 0. The molecule has 0 aliphatic heterocycles. The van der Waals surface area contributed by atoms with E-state index in [-0.39, 0.29) is 18.7 Å². The first-order chi connectivity index (χ1) is 8.27. The average Bonchev–Trinajstić information content (AvgIpc) is 2.36. The molecule has 0 radical (unpaired) electrons. The molecule has 5 heteroatoms. The fourth-order valence-electron chi connectivity index (χ4n) is 1.37. The summed E-state index contributed by atoms with van der Waals surface area (Å²) in [6.45, 7) is 0.724. The van der Waals surface area contributed by atoms with Gasteiger partial charge in [0.05, 0.1) is 18.6 Å². The van der Waals surface area contributed by atoms with Crippen molar-refractivity contribution in [2.75, 3.05) is 6.54 Å². The van der Waals surface area contributed by atoms with Crippen LogP contribution in [0.3, 0.4) is 0 Å². The van der Waals surface area contributed by atoms with Gasteiger partial charge < -0.3 is 4.90 Å². The molecule has 0 spiro atoms. The van der Waals surface area contributed by atoms with E-state index in [1.807, 2.05) is 18.2 Å². The lowest BCUT2D eigenvalue weighted by molar-refractivity contribution is -0.130. The predicted octanol–water partition coefficient (Wildman–Crippen LogP) is 1.24. The van der Waals surface area contributed by atoms with Gasteiger partial charge in [-0.05, 0) is 11.6 Å². The molecule has 0 atom stereocenters. The Hall–Kier alpha value is -2.40. The Morgan fingerprint density at radius 1 is 1.41 bits per heavy atom. The van der Waals surface area contributed by atoms with Crippen LogP contribution in [0.25, 0.3) is 0 Å². The molecule has 0 unspecified atom stereocenters. The first-order valence-electron chi connectivity index (χ1n) is 5.18. The highest BCUT2D eigenvalue weighted by atomic mass is 16.2. The number of nitrogens with zero attached hydrogens (tertiary/aromatic N) is 4. The molecule has 0 fully saturated rings. The second-order valence-corrected chi connectivity index (χ2v) is 3.42. The lowest BCUT2D eigenvalue weighted by Gasteiger charge is -2.20. The second-order valence-electron chi connectivity index (χ2n) is 3.42. The summed E-state index contributed by atoms with van der Waals surface area (Å²) in [6, 6.07) is 7.45. The van der Waals surface area contributed by atoms with Crippen LogP contribution >= 0.6 is 0 Å². The summed E-state index contributed by atoms with van der Waals surface area (Å²) in [7, 11) is 0. The summed E-state index contributed by atoms with van der Waals surface area (Å²) < 4.78 is 0.